The van der Waals surface area contributed by atoms with Gasteiger partial charge in [-0.3, -0.25) is 0 Å². The molecule has 0 aromatic carbocycles. The average Bonchev–Trinajstić information content (AvgIpc) is 2.68. The summed E-state index contributed by atoms with van der Waals surface area (Å²) in [5.41, 5.74) is 0.343. The van der Waals surface area contributed by atoms with Gasteiger partial charge < -0.3 is 10.1 Å². The molecule has 1 saturated heterocycles. The summed E-state index contributed by atoms with van der Waals surface area (Å²) in [5, 5.41) is 3.43. The van der Waals surface area contributed by atoms with E-state index in [0.717, 1.165) is 25.5 Å². The van der Waals surface area contributed by atoms with E-state index < -0.39 is 0 Å². The molecule has 0 bridgehead atoms. The van der Waals surface area contributed by atoms with Crippen molar-refractivity contribution in [2.45, 2.75) is 52.1 Å². The first kappa shape index (κ1) is 10.9. The van der Waals surface area contributed by atoms with Crippen LogP contribution in [0, 0.1) is 5.41 Å². The third-order valence-corrected chi connectivity index (χ3v) is 2.94. The highest BCUT2D eigenvalue weighted by atomic mass is 16.5. The van der Waals surface area contributed by atoms with Crippen LogP contribution in [0.4, 0.5) is 0 Å². The smallest absolute Gasteiger partial charge is 0.201 e. The van der Waals surface area contributed by atoms with Crippen molar-refractivity contribution in [3.8, 4) is 0 Å². The Bertz CT molecular complexity index is 249. The summed E-state index contributed by atoms with van der Waals surface area (Å²) in [7, 11) is 0. The van der Waals surface area contributed by atoms with Crippen molar-refractivity contribution in [2.24, 2.45) is 10.4 Å². The molecule has 2 aliphatic rings. The zero-order valence-corrected chi connectivity index (χ0v) is 10.0. The molecular formula is C12H22N2O. The quantitative estimate of drug-likeness (QED) is 0.756. The number of nitrogens with zero attached hydrogens (tertiary/aromatic N) is 1. The maximum Gasteiger partial charge on any atom is 0.201 e. The first-order valence-electron chi connectivity index (χ1n) is 5.98. The molecule has 1 N–H and O–H groups in total. The van der Waals surface area contributed by atoms with Crippen LogP contribution in [0.15, 0.2) is 4.99 Å². The normalized spacial score (nSPS) is 31.5. The van der Waals surface area contributed by atoms with Gasteiger partial charge in [-0.15, -0.1) is 0 Å². The third kappa shape index (κ3) is 2.94. The monoisotopic (exact) mass is 210 g/mol. The van der Waals surface area contributed by atoms with E-state index in [4.69, 9.17) is 4.74 Å². The van der Waals surface area contributed by atoms with Crippen LogP contribution in [-0.2, 0) is 4.74 Å². The highest BCUT2D eigenvalue weighted by molar-refractivity contribution is 5.83. The fourth-order valence-corrected chi connectivity index (χ4v) is 2.33. The second-order valence-corrected chi connectivity index (χ2v) is 5.85. The van der Waals surface area contributed by atoms with Crippen molar-refractivity contribution < 1.29 is 4.74 Å². The Labute approximate surface area is 92.3 Å². The average molecular weight is 210 g/mol. The van der Waals surface area contributed by atoms with Crippen molar-refractivity contribution in [2.75, 3.05) is 13.2 Å². The Balaban J connectivity index is 1.90. The molecule has 2 atom stereocenters. The highest BCUT2D eigenvalue weighted by Gasteiger charge is 2.29. The molecule has 0 aromatic rings. The van der Waals surface area contributed by atoms with E-state index in [0.29, 0.717) is 17.5 Å². The summed E-state index contributed by atoms with van der Waals surface area (Å²) in [4.78, 5) is 4.69. The highest BCUT2D eigenvalue weighted by Crippen LogP contribution is 2.25. The lowest BCUT2D eigenvalue weighted by Gasteiger charge is -2.19. The van der Waals surface area contributed by atoms with Gasteiger partial charge in [0.1, 0.15) is 6.61 Å². The zero-order valence-electron chi connectivity index (χ0n) is 10.0. The predicted octanol–water partition coefficient (Wildman–Crippen LogP) is 1.97. The Kier molecular flexibility index (Phi) is 3.01. The van der Waals surface area contributed by atoms with Crippen LogP contribution in [0.1, 0.15) is 40.0 Å². The molecule has 3 nitrogen and oxygen atoms in total. The molecule has 2 heterocycles. The van der Waals surface area contributed by atoms with Crippen molar-refractivity contribution in [3.05, 3.63) is 0 Å². The molecule has 0 aromatic heterocycles. The number of ether oxygens (including phenoxy) is 1. The molecule has 0 saturated carbocycles. The SMILES string of the molecule is CC(C)(C)CC1COC(C2CCCN2)=N1. The topological polar surface area (TPSA) is 33.6 Å². The van der Waals surface area contributed by atoms with Crippen LogP contribution in [0.25, 0.3) is 0 Å². The number of hydrogen-bond acceptors (Lipinski definition) is 3. The minimum Gasteiger partial charge on any atom is -0.478 e. The Hall–Kier alpha value is -0.570. The molecule has 2 aliphatic heterocycles. The largest absolute Gasteiger partial charge is 0.478 e. The van der Waals surface area contributed by atoms with Gasteiger partial charge in [0.2, 0.25) is 5.90 Å². The van der Waals surface area contributed by atoms with Gasteiger partial charge in [0, 0.05) is 0 Å². The lowest BCUT2D eigenvalue weighted by Crippen LogP contribution is -2.30. The molecule has 2 unspecified atom stereocenters. The van der Waals surface area contributed by atoms with Crippen LogP contribution in [-0.4, -0.2) is 31.1 Å². The van der Waals surface area contributed by atoms with Gasteiger partial charge >= 0.3 is 0 Å². The molecule has 1 fully saturated rings. The Morgan fingerprint density at radius 3 is 2.87 bits per heavy atom. The van der Waals surface area contributed by atoms with Gasteiger partial charge in [0.15, 0.2) is 0 Å². The fraction of sp³-hybridized carbons (Fsp3) is 0.917. The summed E-state index contributed by atoms with van der Waals surface area (Å²) in [6, 6.07) is 0.775. The number of hydrogen-bond donors (Lipinski definition) is 1. The molecule has 15 heavy (non-hydrogen) atoms. The molecule has 0 amide bonds. The second-order valence-electron chi connectivity index (χ2n) is 5.85. The minimum absolute atomic E-state index is 0.343. The van der Waals surface area contributed by atoms with Gasteiger partial charge in [-0.2, -0.15) is 0 Å². The van der Waals surface area contributed by atoms with Crippen LogP contribution < -0.4 is 5.32 Å². The zero-order chi connectivity index (χ0) is 10.9. The molecule has 2 rings (SSSR count). The Morgan fingerprint density at radius 1 is 1.47 bits per heavy atom. The van der Waals surface area contributed by atoms with Crippen LogP contribution >= 0.6 is 0 Å². The fourth-order valence-electron chi connectivity index (χ4n) is 2.33. The molecule has 0 spiro atoms. The molecule has 86 valence electrons. The van der Waals surface area contributed by atoms with E-state index in [9.17, 15) is 0 Å². The molecule has 0 aliphatic carbocycles. The van der Waals surface area contributed by atoms with E-state index in [1.807, 2.05) is 0 Å². The van der Waals surface area contributed by atoms with E-state index >= 15 is 0 Å². The van der Waals surface area contributed by atoms with Gasteiger partial charge in [0.25, 0.3) is 0 Å². The first-order chi connectivity index (χ1) is 7.04. The van der Waals surface area contributed by atoms with Crippen molar-refractivity contribution >= 4 is 5.90 Å². The summed E-state index contributed by atoms with van der Waals surface area (Å²) in [6.45, 7) is 8.67. The predicted molar refractivity (Wildman–Crippen MR) is 62.3 cm³/mol. The van der Waals surface area contributed by atoms with Crippen molar-refractivity contribution in [3.63, 3.8) is 0 Å². The maximum absolute atomic E-state index is 5.68. The van der Waals surface area contributed by atoms with E-state index in [-0.39, 0.29) is 0 Å². The lowest BCUT2D eigenvalue weighted by molar-refractivity contribution is 0.261. The van der Waals surface area contributed by atoms with Gasteiger partial charge in [-0.1, -0.05) is 20.8 Å². The summed E-state index contributed by atoms with van der Waals surface area (Å²) in [5.74, 6) is 0.960. The third-order valence-electron chi connectivity index (χ3n) is 2.94. The van der Waals surface area contributed by atoms with Crippen molar-refractivity contribution in [1.82, 2.24) is 5.32 Å². The summed E-state index contributed by atoms with van der Waals surface area (Å²) >= 11 is 0. The van der Waals surface area contributed by atoms with E-state index in [1.165, 1.54) is 12.8 Å². The van der Waals surface area contributed by atoms with Crippen LogP contribution in [0.2, 0.25) is 0 Å². The number of nitrogens with one attached hydrogen (secondary N) is 1. The first-order valence-corrected chi connectivity index (χ1v) is 5.98. The standard InChI is InChI=1S/C12H22N2O/c1-12(2,3)7-9-8-15-11(14-9)10-5-4-6-13-10/h9-10,13H,4-8H2,1-3H3. The lowest BCUT2D eigenvalue weighted by atomic mass is 9.89. The number of aliphatic imine (C=N–C) groups is 1. The number of rotatable bonds is 2. The van der Waals surface area contributed by atoms with Crippen molar-refractivity contribution in [1.29, 1.82) is 0 Å². The van der Waals surface area contributed by atoms with Gasteiger partial charge in [0.05, 0.1) is 12.1 Å². The Morgan fingerprint density at radius 2 is 2.27 bits per heavy atom. The van der Waals surface area contributed by atoms with Crippen LogP contribution in [0.3, 0.4) is 0 Å². The van der Waals surface area contributed by atoms with Gasteiger partial charge in [-0.05, 0) is 31.2 Å². The molecule has 3 heteroatoms. The second kappa shape index (κ2) is 4.12. The summed E-state index contributed by atoms with van der Waals surface area (Å²) < 4.78 is 5.68. The maximum atomic E-state index is 5.68. The molecular weight excluding hydrogens is 188 g/mol. The van der Waals surface area contributed by atoms with Crippen LogP contribution in [0.5, 0.6) is 0 Å². The summed E-state index contributed by atoms with van der Waals surface area (Å²) in [6.07, 6.45) is 3.54. The minimum atomic E-state index is 0.343. The van der Waals surface area contributed by atoms with E-state index in [2.05, 4.69) is 31.1 Å². The van der Waals surface area contributed by atoms with Gasteiger partial charge in [-0.25, -0.2) is 4.99 Å². The van der Waals surface area contributed by atoms with E-state index in [1.54, 1.807) is 0 Å². The molecule has 0 radical (unpaired) electrons.